The summed E-state index contributed by atoms with van der Waals surface area (Å²) in [5, 5.41) is 3.71. The van der Waals surface area contributed by atoms with Crippen molar-refractivity contribution in [2.45, 2.75) is 12.5 Å². The average Bonchev–Trinajstić information content (AvgIpc) is 3.01. The fraction of sp³-hybridized carbons (Fsp3) is 0.294. The van der Waals surface area contributed by atoms with Crippen LogP contribution in [0, 0.1) is 11.7 Å². The first-order valence-electron chi connectivity index (χ1n) is 7.11. The Hall–Kier alpha value is -1.58. The molecule has 1 aliphatic heterocycles. The van der Waals surface area contributed by atoms with Crippen LogP contribution in [-0.2, 0) is 0 Å². The Kier molecular flexibility index (Phi) is 4.42. The standard InChI is InChI=1S/C17H17ClFNO/c18-14-6-7-16(15(19)10-14)21-17(13-8-9-20-11-13)12-4-2-1-3-5-12/h1-7,10,13,17,20H,8-9,11H2/t13-,17-/m0/s1. The van der Waals surface area contributed by atoms with Crippen LogP contribution in [0.3, 0.4) is 0 Å². The molecular formula is C17H17ClFNO. The average molecular weight is 306 g/mol. The van der Waals surface area contributed by atoms with Crippen LogP contribution >= 0.6 is 11.6 Å². The van der Waals surface area contributed by atoms with Crippen LogP contribution in [0.5, 0.6) is 5.75 Å². The van der Waals surface area contributed by atoms with Gasteiger partial charge in [-0.05, 0) is 36.7 Å². The lowest BCUT2D eigenvalue weighted by Gasteiger charge is -2.25. The summed E-state index contributed by atoms with van der Waals surface area (Å²) < 4.78 is 20.0. The molecule has 1 N–H and O–H groups in total. The van der Waals surface area contributed by atoms with E-state index in [9.17, 15) is 4.39 Å². The van der Waals surface area contributed by atoms with Crippen molar-refractivity contribution in [1.82, 2.24) is 5.32 Å². The van der Waals surface area contributed by atoms with E-state index in [1.54, 1.807) is 12.1 Å². The second-order valence-corrected chi connectivity index (χ2v) is 5.71. The van der Waals surface area contributed by atoms with Gasteiger partial charge in [0, 0.05) is 17.5 Å². The summed E-state index contributed by atoms with van der Waals surface area (Å²) in [6.07, 6.45) is 0.867. The van der Waals surface area contributed by atoms with Gasteiger partial charge in [0.2, 0.25) is 0 Å². The Morgan fingerprint density at radius 2 is 2.00 bits per heavy atom. The highest BCUT2D eigenvalue weighted by atomic mass is 35.5. The van der Waals surface area contributed by atoms with Crippen LogP contribution in [0.4, 0.5) is 4.39 Å². The summed E-state index contributed by atoms with van der Waals surface area (Å²) >= 11 is 5.79. The van der Waals surface area contributed by atoms with Crippen LogP contribution in [-0.4, -0.2) is 13.1 Å². The molecular weight excluding hydrogens is 289 g/mol. The van der Waals surface area contributed by atoms with Gasteiger partial charge in [0.25, 0.3) is 0 Å². The molecule has 1 heterocycles. The van der Waals surface area contributed by atoms with Crippen LogP contribution in [0.2, 0.25) is 5.02 Å². The van der Waals surface area contributed by atoms with Crippen molar-refractivity contribution in [2.24, 2.45) is 5.92 Å². The van der Waals surface area contributed by atoms with Crippen molar-refractivity contribution in [3.8, 4) is 5.75 Å². The fourth-order valence-electron chi connectivity index (χ4n) is 2.72. The smallest absolute Gasteiger partial charge is 0.166 e. The largest absolute Gasteiger partial charge is 0.482 e. The number of ether oxygens (including phenoxy) is 1. The third kappa shape index (κ3) is 3.36. The molecule has 0 aromatic heterocycles. The Bertz CT molecular complexity index is 599. The van der Waals surface area contributed by atoms with Gasteiger partial charge >= 0.3 is 0 Å². The van der Waals surface area contributed by atoms with Crippen LogP contribution in [0.15, 0.2) is 48.5 Å². The number of rotatable bonds is 4. The summed E-state index contributed by atoms with van der Waals surface area (Å²) in [4.78, 5) is 0. The topological polar surface area (TPSA) is 21.3 Å². The molecule has 2 aromatic carbocycles. The summed E-state index contributed by atoms with van der Waals surface area (Å²) in [6, 6.07) is 14.5. The second kappa shape index (κ2) is 6.46. The minimum Gasteiger partial charge on any atom is -0.482 e. The third-order valence-electron chi connectivity index (χ3n) is 3.80. The van der Waals surface area contributed by atoms with E-state index in [1.807, 2.05) is 30.3 Å². The molecule has 1 aliphatic rings. The van der Waals surface area contributed by atoms with Crippen LogP contribution < -0.4 is 10.1 Å². The minimum absolute atomic E-state index is 0.156. The highest BCUT2D eigenvalue weighted by Crippen LogP contribution is 2.33. The van der Waals surface area contributed by atoms with Gasteiger partial charge in [-0.15, -0.1) is 0 Å². The van der Waals surface area contributed by atoms with Crippen molar-refractivity contribution in [2.75, 3.05) is 13.1 Å². The monoisotopic (exact) mass is 305 g/mol. The van der Waals surface area contributed by atoms with Crippen molar-refractivity contribution in [3.63, 3.8) is 0 Å². The number of hydrogen-bond acceptors (Lipinski definition) is 2. The maximum absolute atomic E-state index is 14.0. The maximum atomic E-state index is 14.0. The predicted octanol–water partition coefficient (Wildman–Crippen LogP) is 4.21. The van der Waals surface area contributed by atoms with E-state index < -0.39 is 5.82 Å². The first-order chi connectivity index (χ1) is 10.2. The van der Waals surface area contributed by atoms with E-state index >= 15 is 0 Å². The zero-order valence-electron chi connectivity index (χ0n) is 11.6. The molecule has 0 spiro atoms. The Balaban J connectivity index is 1.88. The van der Waals surface area contributed by atoms with E-state index in [1.165, 1.54) is 6.07 Å². The normalized spacial score (nSPS) is 19.4. The third-order valence-corrected chi connectivity index (χ3v) is 4.04. The molecule has 110 valence electrons. The molecule has 1 fully saturated rings. The van der Waals surface area contributed by atoms with E-state index in [-0.39, 0.29) is 11.9 Å². The van der Waals surface area contributed by atoms with Crippen LogP contribution in [0.1, 0.15) is 18.1 Å². The lowest BCUT2D eigenvalue weighted by atomic mass is 9.95. The first-order valence-corrected chi connectivity index (χ1v) is 7.49. The van der Waals surface area contributed by atoms with Crippen molar-refractivity contribution >= 4 is 11.6 Å². The SMILES string of the molecule is Fc1cc(Cl)ccc1O[C@@H](c1ccccc1)[C@H]1CCNC1. The predicted molar refractivity (Wildman–Crippen MR) is 82.2 cm³/mol. The van der Waals surface area contributed by atoms with E-state index in [2.05, 4.69) is 5.32 Å². The molecule has 21 heavy (non-hydrogen) atoms. The Morgan fingerprint density at radius 3 is 2.67 bits per heavy atom. The van der Waals surface area contributed by atoms with Gasteiger partial charge in [-0.3, -0.25) is 0 Å². The zero-order valence-corrected chi connectivity index (χ0v) is 12.3. The molecule has 2 aromatic rings. The molecule has 0 bridgehead atoms. The second-order valence-electron chi connectivity index (χ2n) is 5.28. The van der Waals surface area contributed by atoms with Crippen molar-refractivity contribution in [3.05, 3.63) is 64.9 Å². The molecule has 2 atom stereocenters. The lowest BCUT2D eigenvalue weighted by Crippen LogP contribution is -2.21. The highest BCUT2D eigenvalue weighted by Gasteiger charge is 2.28. The summed E-state index contributed by atoms with van der Waals surface area (Å²) in [6.45, 7) is 1.86. The molecule has 0 saturated carbocycles. The summed E-state index contributed by atoms with van der Waals surface area (Å²) in [5.41, 5.74) is 1.07. The Morgan fingerprint density at radius 1 is 1.19 bits per heavy atom. The molecule has 0 radical (unpaired) electrons. The summed E-state index contributed by atoms with van der Waals surface area (Å²) in [5.74, 6) is 0.164. The molecule has 4 heteroatoms. The Labute approximate surface area is 128 Å². The van der Waals surface area contributed by atoms with Gasteiger partial charge in [0.05, 0.1) is 0 Å². The molecule has 2 nitrogen and oxygen atoms in total. The highest BCUT2D eigenvalue weighted by molar-refractivity contribution is 6.30. The van der Waals surface area contributed by atoms with Gasteiger partial charge in [-0.25, -0.2) is 4.39 Å². The van der Waals surface area contributed by atoms with E-state index in [0.29, 0.717) is 10.9 Å². The van der Waals surface area contributed by atoms with E-state index in [0.717, 1.165) is 25.1 Å². The van der Waals surface area contributed by atoms with Gasteiger partial charge < -0.3 is 10.1 Å². The number of benzene rings is 2. The molecule has 1 saturated heterocycles. The molecule has 3 rings (SSSR count). The lowest BCUT2D eigenvalue weighted by molar-refractivity contribution is 0.138. The minimum atomic E-state index is -0.422. The quantitative estimate of drug-likeness (QED) is 0.913. The van der Waals surface area contributed by atoms with Gasteiger partial charge in [-0.2, -0.15) is 0 Å². The molecule has 0 amide bonds. The van der Waals surface area contributed by atoms with Crippen LogP contribution in [0.25, 0.3) is 0 Å². The number of halogens is 2. The first kappa shape index (κ1) is 14.4. The van der Waals surface area contributed by atoms with Gasteiger partial charge in [-0.1, -0.05) is 41.9 Å². The zero-order chi connectivity index (χ0) is 14.7. The van der Waals surface area contributed by atoms with Crippen molar-refractivity contribution in [1.29, 1.82) is 0 Å². The van der Waals surface area contributed by atoms with Gasteiger partial charge in [0.15, 0.2) is 11.6 Å². The fourth-order valence-corrected chi connectivity index (χ4v) is 2.88. The summed E-state index contributed by atoms with van der Waals surface area (Å²) in [7, 11) is 0. The maximum Gasteiger partial charge on any atom is 0.166 e. The van der Waals surface area contributed by atoms with Crippen molar-refractivity contribution < 1.29 is 9.13 Å². The van der Waals surface area contributed by atoms with Gasteiger partial charge in [0.1, 0.15) is 6.10 Å². The number of nitrogens with one attached hydrogen (secondary N) is 1. The van der Waals surface area contributed by atoms with E-state index in [4.69, 9.17) is 16.3 Å². The molecule has 0 unspecified atom stereocenters. The molecule has 0 aliphatic carbocycles. The number of hydrogen-bond donors (Lipinski definition) is 1.